The van der Waals surface area contributed by atoms with Crippen LogP contribution >= 0.6 is 45.2 Å². The van der Waals surface area contributed by atoms with Crippen LogP contribution in [0.15, 0.2) is 17.2 Å². The third-order valence-electron chi connectivity index (χ3n) is 3.05. The quantitative estimate of drug-likeness (QED) is 0.163. The van der Waals surface area contributed by atoms with Crippen molar-refractivity contribution in [3.63, 3.8) is 0 Å². The van der Waals surface area contributed by atoms with Gasteiger partial charge in [-0.05, 0) is 52.2 Å². The van der Waals surface area contributed by atoms with Gasteiger partial charge in [-0.15, -0.1) is 0 Å². The lowest BCUT2D eigenvalue weighted by Gasteiger charge is -2.25. The molecule has 0 aliphatic rings. The predicted molar refractivity (Wildman–Crippen MR) is 109 cm³/mol. The van der Waals surface area contributed by atoms with Crippen LogP contribution in [0.4, 0.5) is 0 Å². The third kappa shape index (κ3) is 9.03. The van der Waals surface area contributed by atoms with Gasteiger partial charge in [0.2, 0.25) is 5.43 Å². The summed E-state index contributed by atoms with van der Waals surface area (Å²) in [5, 5.41) is 56.0. The zero-order chi connectivity index (χ0) is 20.4. The van der Waals surface area contributed by atoms with Crippen molar-refractivity contribution in [2.75, 3.05) is 20.2 Å². The minimum Gasteiger partial charge on any atom is -0.480 e. The van der Waals surface area contributed by atoms with E-state index in [-0.39, 0.29) is 18.5 Å². The molecule has 26 heavy (non-hydrogen) atoms. The van der Waals surface area contributed by atoms with E-state index in [0.29, 0.717) is 7.14 Å². The number of hydrogen-bond donors (Lipinski definition) is 7. The number of rotatable bonds is 8. The molecule has 0 saturated carbocycles. The Morgan fingerprint density at radius 2 is 1.58 bits per heavy atom. The molecule has 0 amide bonds. The van der Waals surface area contributed by atoms with Gasteiger partial charge in [-0.25, -0.2) is 0 Å². The summed E-state index contributed by atoms with van der Waals surface area (Å²) in [6.07, 6.45) is -2.59. The first-order valence-electron chi connectivity index (χ1n) is 7.29. The van der Waals surface area contributed by atoms with E-state index in [1.54, 1.807) is 7.05 Å². The molecular formula is C14H22I2N2O8. The lowest BCUT2D eigenvalue weighted by molar-refractivity contribution is -0.137. The van der Waals surface area contributed by atoms with Crippen molar-refractivity contribution < 1.29 is 35.4 Å². The average Bonchev–Trinajstić information content (AvgIpc) is 2.57. The van der Waals surface area contributed by atoms with E-state index < -0.39 is 37.0 Å². The SMILES string of the molecule is CNC[C@H](O)[C@@H](O)[C@H](O)[C@H](O)CO.O=C(O)Cn1cc(I)c(=O)c(I)c1. The maximum absolute atomic E-state index is 11.2. The van der Waals surface area contributed by atoms with E-state index in [9.17, 15) is 14.7 Å². The van der Waals surface area contributed by atoms with E-state index in [0.717, 1.165) is 0 Å². The van der Waals surface area contributed by atoms with Gasteiger partial charge in [0.25, 0.3) is 0 Å². The summed E-state index contributed by atoms with van der Waals surface area (Å²) < 4.78 is 2.55. The Hall–Kier alpha value is -0.360. The first-order valence-corrected chi connectivity index (χ1v) is 9.45. The number of carboxylic acid groups (broad SMARTS) is 1. The molecule has 0 saturated heterocycles. The molecule has 7 N–H and O–H groups in total. The Balaban J connectivity index is 0.000000481. The number of nitrogens with zero attached hydrogens (tertiary/aromatic N) is 1. The van der Waals surface area contributed by atoms with Crippen molar-refractivity contribution >= 4 is 51.2 Å². The van der Waals surface area contributed by atoms with Crippen LogP contribution in [-0.4, -0.2) is 85.8 Å². The topological polar surface area (TPSA) is 172 Å². The van der Waals surface area contributed by atoms with Crippen molar-refractivity contribution in [1.29, 1.82) is 0 Å². The van der Waals surface area contributed by atoms with Crippen molar-refractivity contribution in [2.45, 2.75) is 31.0 Å². The molecular weight excluding hydrogens is 578 g/mol. The molecule has 0 aromatic carbocycles. The molecule has 12 heteroatoms. The fourth-order valence-corrected chi connectivity index (χ4v) is 3.51. The zero-order valence-electron chi connectivity index (χ0n) is 13.8. The maximum Gasteiger partial charge on any atom is 0.323 e. The number of nitrogens with one attached hydrogen (secondary N) is 1. The number of likely N-dealkylation sites (N-methyl/N-ethyl adjacent to an activating group) is 1. The molecule has 0 bridgehead atoms. The summed E-state index contributed by atoms with van der Waals surface area (Å²) in [6.45, 7) is -0.687. The van der Waals surface area contributed by atoms with Gasteiger partial charge < -0.3 is 40.5 Å². The Kier molecular flexibility index (Phi) is 12.7. The molecule has 1 rings (SSSR count). The zero-order valence-corrected chi connectivity index (χ0v) is 18.1. The van der Waals surface area contributed by atoms with Gasteiger partial charge in [-0.3, -0.25) is 9.59 Å². The monoisotopic (exact) mass is 600 g/mol. The number of carbonyl (C=O) groups is 1. The second-order valence-corrected chi connectivity index (χ2v) is 7.53. The van der Waals surface area contributed by atoms with E-state index >= 15 is 0 Å². The lowest BCUT2D eigenvalue weighted by atomic mass is 10.0. The van der Waals surface area contributed by atoms with E-state index in [1.165, 1.54) is 17.0 Å². The average molecular weight is 600 g/mol. The van der Waals surface area contributed by atoms with Crippen molar-refractivity contribution in [1.82, 2.24) is 9.88 Å². The summed E-state index contributed by atoms with van der Waals surface area (Å²) in [7, 11) is 1.57. The summed E-state index contributed by atoms with van der Waals surface area (Å²) in [5.74, 6) is -0.921. The number of halogens is 2. The highest BCUT2D eigenvalue weighted by Crippen LogP contribution is 2.04. The predicted octanol–water partition coefficient (Wildman–Crippen LogP) is -2.22. The summed E-state index contributed by atoms with van der Waals surface area (Å²) in [6, 6.07) is 0. The van der Waals surface area contributed by atoms with E-state index in [1.807, 2.05) is 45.2 Å². The maximum atomic E-state index is 11.2. The molecule has 0 spiro atoms. The minimum absolute atomic E-state index is 0.0529. The minimum atomic E-state index is -1.55. The molecule has 0 fully saturated rings. The van der Waals surface area contributed by atoms with Crippen LogP contribution in [0.3, 0.4) is 0 Å². The van der Waals surface area contributed by atoms with Crippen LogP contribution in [0.5, 0.6) is 0 Å². The normalized spacial score (nSPS) is 15.4. The second-order valence-electron chi connectivity index (χ2n) is 5.21. The number of aliphatic hydroxyl groups is 5. The molecule has 1 aromatic rings. The standard InChI is InChI=1S/C7H5I2NO3.C7H17NO5/c8-4-1-10(3-6(11)12)2-5(9)7(4)13;1-8-2-4(10)6(12)7(13)5(11)3-9/h1-2H,3H2,(H,11,12);4-13H,2-3H2,1H3/t;4-,5+,6+,7+/m.0/s1. The Bertz CT molecular complexity index is 601. The number of aromatic nitrogens is 1. The highest BCUT2D eigenvalue weighted by Gasteiger charge is 2.29. The van der Waals surface area contributed by atoms with Gasteiger partial charge >= 0.3 is 5.97 Å². The summed E-state index contributed by atoms with van der Waals surface area (Å²) in [4.78, 5) is 21.6. The van der Waals surface area contributed by atoms with Crippen LogP contribution in [0.2, 0.25) is 0 Å². The second kappa shape index (κ2) is 12.9. The molecule has 1 aromatic heterocycles. The number of aliphatic hydroxyl groups excluding tert-OH is 5. The molecule has 4 atom stereocenters. The van der Waals surface area contributed by atoms with E-state index in [4.69, 9.17) is 25.5 Å². The van der Waals surface area contributed by atoms with Crippen LogP contribution in [0.25, 0.3) is 0 Å². The number of carboxylic acids is 1. The van der Waals surface area contributed by atoms with Gasteiger partial charge in [0, 0.05) is 18.9 Å². The first-order chi connectivity index (χ1) is 12.0. The molecule has 0 aliphatic carbocycles. The summed E-state index contributed by atoms with van der Waals surface area (Å²) >= 11 is 3.78. The van der Waals surface area contributed by atoms with Gasteiger partial charge in [0.1, 0.15) is 24.9 Å². The molecule has 0 unspecified atom stereocenters. The number of aliphatic carboxylic acids is 1. The highest BCUT2D eigenvalue weighted by molar-refractivity contribution is 14.1. The Morgan fingerprint density at radius 3 is 1.96 bits per heavy atom. The molecule has 0 radical (unpaired) electrons. The third-order valence-corrected chi connectivity index (χ3v) is 4.59. The van der Waals surface area contributed by atoms with Gasteiger partial charge in [-0.1, -0.05) is 0 Å². The van der Waals surface area contributed by atoms with Gasteiger partial charge in [0.05, 0.1) is 19.9 Å². The molecule has 1 heterocycles. The van der Waals surface area contributed by atoms with E-state index in [2.05, 4.69) is 5.32 Å². The number of hydrogen-bond acceptors (Lipinski definition) is 8. The van der Waals surface area contributed by atoms with Crippen molar-refractivity contribution in [3.8, 4) is 0 Å². The lowest BCUT2D eigenvalue weighted by Crippen LogP contribution is -2.48. The van der Waals surface area contributed by atoms with Crippen LogP contribution in [0.1, 0.15) is 0 Å². The first kappa shape index (κ1) is 25.6. The van der Waals surface area contributed by atoms with Crippen LogP contribution < -0.4 is 10.7 Å². The Morgan fingerprint density at radius 1 is 1.12 bits per heavy atom. The number of pyridine rings is 1. The molecule has 10 nitrogen and oxygen atoms in total. The largest absolute Gasteiger partial charge is 0.480 e. The van der Waals surface area contributed by atoms with Crippen molar-refractivity contribution in [2.24, 2.45) is 0 Å². The van der Waals surface area contributed by atoms with Crippen LogP contribution in [0, 0.1) is 7.14 Å². The molecule has 0 aliphatic heterocycles. The molecule has 150 valence electrons. The highest BCUT2D eigenvalue weighted by atomic mass is 127. The van der Waals surface area contributed by atoms with Gasteiger partial charge in [-0.2, -0.15) is 0 Å². The summed E-state index contributed by atoms with van der Waals surface area (Å²) in [5.41, 5.74) is -0.0529. The smallest absolute Gasteiger partial charge is 0.323 e. The van der Waals surface area contributed by atoms with Gasteiger partial charge in [0.15, 0.2) is 0 Å². The fourth-order valence-electron chi connectivity index (χ4n) is 1.70. The fraction of sp³-hybridized carbons (Fsp3) is 0.571. The van der Waals surface area contributed by atoms with Crippen LogP contribution in [-0.2, 0) is 11.3 Å². The van der Waals surface area contributed by atoms with Crippen molar-refractivity contribution in [3.05, 3.63) is 29.8 Å². The Labute approximate surface area is 176 Å².